The topological polar surface area (TPSA) is 38.7 Å². The summed E-state index contributed by atoms with van der Waals surface area (Å²) < 4.78 is 1.05. The summed E-state index contributed by atoms with van der Waals surface area (Å²) >= 11 is 3.42. The van der Waals surface area contributed by atoms with E-state index in [9.17, 15) is 0 Å². The van der Waals surface area contributed by atoms with Crippen molar-refractivity contribution in [3.63, 3.8) is 0 Å². The van der Waals surface area contributed by atoms with Gasteiger partial charge >= 0.3 is 0 Å². The normalized spacial score (nSPS) is 10.9. The van der Waals surface area contributed by atoms with Crippen LogP contribution >= 0.6 is 15.9 Å². The molecule has 0 atom stereocenters. The predicted molar refractivity (Wildman–Crippen MR) is 71.8 cm³/mol. The molecule has 0 aliphatic rings. The van der Waals surface area contributed by atoms with Crippen LogP contribution in [0.15, 0.2) is 28.7 Å². The van der Waals surface area contributed by atoms with Crippen LogP contribution in [0.25, 0.3) is 11.4 Å². The van der Waals surface area contributed by atoms with Crippen molar-refractivity contribution in [3.8, 4) is 11.4 Å². The molecule has 1 heterocycles. The van der Waals surface area contributed by atoms with Gasteiger partial charge in [0.25, 0.3) is 0 Å². The second kappa shape index (κ2) is 4.92. The molecule has 4 heteroatoms. The highest BCUT2D eigenvalue weighted by molar-refractivity contribution is 9.10. The van der Waals surface area contributed by atoms with Crippen molar-refractivity contribution in [1.82, 2.24) is 15.0 Å². The number of rotatable bonds is 2. The van der Waals surface area contributed by atoms with E-state index < -0.39 is 0 Å². The molecule has 88 valence electrons. The number of aryl methyl sites for hydroxylation is 1. The third-order valence-electron chi connectivity index (χ3n) is 2.38. The molecule has 0 aliphatic heterocycles. The lowest BCUT2D eigenvalue weighted by molar-refractivity contribution is 0.750. The smallest absolute Gasteiger partial charge is 0.163 e. The number of hydrogen-bond donors (Lipinski definition) is 0. The van der Waals surface area contributed by atoms with Gasteiger partial charge in [0.1, 0.15) is 11.6 Å². The first-order chi connectivity index (χ1) is 8.06. The lowest BCUT2D eigenvalue weighted by atomic mass is 10.2. The maximum atomic E-state index is 4.50. The maximum absolute atomic E-state index is 4.50. The van der Waals surface area contributed by atoms with Crippen LogP contribution in [0.1, 0.15) is 31.4 Å². The lowest BCUT2D eigenvalue weighted by Crippen LogP contribution is -2.04. The highest BCUT2D eigenvalue weighted by Gasteiger charge is 2.08. The Morgan fingerprint density at radius 1 is 1.00 bits per heavy atom. The van der Waals surface area contributed by atoms with Crippen LogP contribution in [0.4, 0.5) is 0 Å². The molecule has 2 rings (SSSR count). The van der Waals surface area contributed by atoms with Gasteiger partial charge in [-0.05, 0) is 19.1 Å². The van der Waals surface area contributed by atoms with E-state index in [-0.39, 0.29) is 0 Å². The van der Waals surface area contributed by atoms with Gasteiger partial charge in [-0.15, -0.1) is 0 Å². The van der Waals surface area contributed by atoms with Crippen LogP contribution in [0.5, 0.6) is 0 Å². The summed E-state index contributed by atoms with van der Waals surface area (Å²) in [5, 5.41) is 0. The van der Waals surface area contributed by atoms with Gasteiger partial charge < -0.3 is 0 Å². The zero-order valence-electron chi connectivity index (χ0n) is 10.1. The summed E-state index contributed by atoms with van der Waals surface area (Å²) in [5.41, 5.74) is 1.01. The minimum Gasteiger partial charge on any atom is -0.218 e. The predicted octanol–water partition coefficient (Wildman–Crippen LogP) is 3.73. The minimum absolute atomic E-state index is 0.311. The molecular formula is C13H14BrN3. The van der Waals surface area contributed by atoms with Gasteiger partial charge in [0.15, 0.2) is 5.82 Å². The fourth-order valence-electron chi connectivity index (χ4n) is 1.49. The first kappa shape index (κ1) is 12.2. The Morgan fingerprint density at radius 3 is 2.24 bits per heavy atom. The molecular weight excluding hydrogens is 278 g/mol. The van der Waals surface area contributed by atoms with Gasteiger partial charge in [0.05, 0.1) is 0 Å². The van der Waals surface area contributed by atoms with Gasteiger partial charge in [-0.2, -0.15) is 0 Å². The summed E-state index contributed by atoms with van der Waals surface area (Å²) in [6, 6.07) is 7.99. The Morgan fingerprint density at radius 2 is 1.65 bits per heavy atom. The molecule has 2 aromatic rings. The van der Waals surface area contributed by atoms with Crippen LogP contribution in [0.2, 0.25) is 0 Å². The molecule has 3 nitrogen and oxygen atoms in total. The van der Waals surface area contributed by atoms with E-state index in [0.717, 1.165) is 27.5 Å². The van der Waals surface area contributed by atoms with Gasteiger partial charge in [0.2, 0.25) is 0 Å². The average Bonchev–Trinajstić information content (AvgIpc) is 2.29. The highest BCUT2D eigenvalue weighted by Crippen LogP contribution is 2.20. The van der Waals surface area contributed by atoms with E-state index in [4.69, 9.17) is 0 Å². The van der Waals surface area contributed by atoms with E-state index >= 15 is 0 Å². The number of aromatic nitrogens is 3. The number of halogens is 1. The van der Waals surface area contributed by atoms with E-state index in [0.29, 0.717) is 5.92 Å². The molecule has 0 spiro atoms. The van der Waals surface area contributed by atoms with Gasteiger partial charge in [-0.3, -0.25) is 0 Å². The summed E-state index contributed by atoms with van der Waals surface area (Å²) in [5.74, 6) is 2.66. The van der Waals surface area contributed by atoms with Crippen molar-refractivity contribution >= 4 is 15.9 Å². The molecule has 0 N–H and O–H groups in total. The fraction of sp³-hybridized carbons (Fsp3) is 0.308. The molecule has 1 aromatic carbocycles. The second-order valence-electron chi connectivity index (χ2n) is 4.23. The SMILES string of the molecule is Cc1nc(-c2ccc(Br)cc2)nc(C(C)C)n1. The average molecular weight is 292 g/mol. The molecule has 0 fully saturated rings. The van der Waals surface area contributed by atoms with Crippen molar-refractivity contribution in [2.24, 2.45) is 0 Å². The Balaban J connectivity index is 2.48. The number of hydrogen-bond acceptors (Lipinski definition) is 3. The minimum atomic E-state index is 0.311. The lowest BCUT2D eigenvalue weighted by Gasteiger charge is -2.07. The van der Waals surface area contributed by atoms with Crippen LogP contribution in [0, 0.1) is 6.92 Å². The van der Waals surface area contributed by atoms with Crippen LogP contribution in [-0.2, 0) is 0 Å². The summed E-state index contributed by atoms with van der Waals surface area (Å²) in [4.78, 5) is 13.2. The highest BCUT2D eigenvalue weighted by atomic mass is 79.9. The maximum Gasteiger partial charge on any atom is 0.163 e. The zero-order chi connectivity index (χ0) is 12.4. The molecule has 0 saturated heterocycles. The standard InChI is InChI=1S/C13H14BrN3/c1-8(2)12-15-9(3)16-13(17-12)10-4-6-11(14)7-5-10/h4-8H,1-3H3. The van der Waals surface area contributed by atoms with Gasteiger partial charge in [-0.1, -0.05) is 41.9 Å². The summed E-state index contributed by atoms with van der Waals surface area (Å²) in [6.07, 6.45) is 0. The molecule has 1 aromatic heterocycles. The number of benzene rings is 1. The van der Waals surface area contributed by atoms with Gasteiger partial charge in [-0.25, -0.2) is 15.0 Å². The third kappa shape index (κ3) is 2.88. The van der Waals surface area contributed by atoms with E-state index in [1.165, 1.54) is 0 Å². The van der Waals surface area contributed by atoms with E-state index in [2.05, 4.69) is 44.7 Å². The Kier molecular flexibility index (Phi) is 3.52. The number of nitrogens with zero attached hydrogens (tertiary/aromatic N) is 3. The van der Waals surface area contributed by atoms with Crippen molar-refractivity contribution in [3.05, 3.63) is 40.4 Å². The van der Waals surface area contributed by atoms with Crippen LogP contribution < -0.4 is 0 Å². The van der Waals surface area contributed by atoms with Gasteiger partial charge in [0, 0.05) is 16.0 Å². The Labute approximate surface area is 109 Å². The molecule has 0 unspecified atom stereocenters. The largest absolute Gasteiger partial charge is 0.218 e. The molecule has 0 aliphatic carbocycles. The Hall–Kier alpha value is -1.29. The van der Waals surface area contributed by atoms with E-state index in [1.54, 1.807) is 0 Å². The first-order valence-corrected chi connectivity index (χ1v) is 6.34. The second-order valence-corrected chi connectivity index (χ2v) is 5.14. The molecule has 0 amide bonds. The molecule has 0 radical (unpaired) electrons. The summed E-state index contributed by atoms with van der Waals surface area (Å²) in [6.45, 7) is 6.07. The zero-order valence-corrected chi connectivity index (χ0v) is 11.7. The molecule has 17 heavy (non-hydrogen) atoms. The quantitative estimate of drug-likeness (QED) is 0.846. The molecule has 0 saturated carbocycles. The van der Waals surface area contributed by atoms with E-state index in [1.807, 2.05) is 31.2 Å². The van der Waals surface area contributed by atoms with Crippen molar-refractivity contribution in [1.29, 1.82) is 0 Å². The molecule has 0 bridgehead atoms. The van der Waals surface area contributed by atoms with Crippen molar-refractivity contribution in [2.75, 3.05) is 0 Å². The van der Waals surface area contributed by atoms with Crippen molar-refractivity contribution < 1.29 is 0 Å². The third-order valence-corrected chi connectivity index (χ3v) is 2.91. The Bertz CT molecular complexity index is 521. The van der Waals surface area contributed by atoms with Crippen LogP contribution in [-0.4, -0.2) is 15.0 Å². The monoisotopic (exact) mass is 291 g/mol. The summed E-state index contributed by atoms with van der Waals surface area (Å²) in [7, 11) is 0. The first-order valence-electron chi connectivity index (χ1n) is 5.55. The van der Waals surface area contributed by atoms with Crippen LogP contribution in [0.3, 0.4) is 0 Å². The van der Waals surface area contributed by atoms with Crippen molar-refractivity contribution in [2.45, 2.75) is 26.7 Å². The fourth-order valence-corrected chi connectivity index (χ4v) is 1.75.